The summed E-state index contributed by atoms with van der Waals surface area (Å²) in [6.45, 7) is 0.0628. The highest BCUT2D eigenvalue weighted by atomic mass is 16.5. The third-order valence-electron chi connectivity index (χ3n) is 2.98. The maximum atomic E-state index is 9.05. The van der Waals surface area contributed by atoms with E-state index in [1.807, 2.05) is 34.7 Å². The standard InChI is InChI=1S/C13H13N3O2/c1-18-10-3-4-11-9(8-10)2-5-12-14-15-13(6-7-17)16(11)12/h2-5,8,17H,6-7H2,1H3. The fourth-order valence-corrected chi connectivity index (χ4v) is 2.12. The summed E-state index contributed by atoms with van der Waals surface area (Å²) in [5.41, 5.74) is 1.80. The average molecular weight is 243 g/mol. The van der Waals surface area contributed by atoms with Crippen molar-refractivity contribution >= 4 is 16.6 Å². The van der Waals surface area contributed by atoms with Crippen LogP contribution in [0.5, 0.6) is 5.75 Å². The molecule has 2 heterocycles. The smallest absolute Gasteiger partial charge is 0.161 e. The van der Waals surface area contributed by atoms with Crippen molar-refractivity contribution in [2.75, 3.05) is 13.7 Å². The zero-order valence-electron chi connectivity index (χ0n) is 10.00. The van der Waals surface area contributed by atoms with Crippen LogP contribution in [0.4, 0.5) is 0 Å². The number of pyridine rings is 1. The molecular formula is C13H13N3O2. The third kappa shape index (κ3) is 1.60. The molecule has 5 heteroatoms. The maximum absolute atomic E-state index is 9.05. The van der Waals surface area contributed by atoms with Crippen LogP contribution >= 0.6 is 0 Å². The molecule has 0 bridgehead atoms. The van der Waals surface area contributed by atoms with Gasteiger partial charge in [-0.05, 0) is 30.3 Å². The van der Waals surface area contributed by atoms with E-state index in [0.29, 0.717) is 6.42 Å². The summed E-state index contributed by atoms with van der Waals surface area (Å²) in [7, 11) is 1.65. The number of ether oxygens (including phenoxy) is 1. The molecule has 0 fully saturated rings. The summed E-state index contributed by atoms with van der Waals surface area (Å²) in [6, 6.07) is 9.76. The van der Waals surface area contributed by atoms with Crippen molar-refractivity contribution in [1.29, 1.82) is 0 Å². The first kappa shape index (κ1) is 11.0. The van der Waals surface area contributed by atoms with E-state index in [4.69, 9.17) is 9.84 Å². The summed E-state index contributed by atoms with van der Waals surface area (Å²) >= 11 is 0. The predicted molar refractivity (Wildman–Crippen MR) is 67.8 cm³/mol. The van der Waals surface area contributed by atoms with Gasteiger partial charge in [0.25, 0.3) is 0 Å². The number of fused-ring (bicyclic) bond motifs is 3. The van der Waals surface area contributed by atoms with Crippen LogP contribution in [-0.4, -0.2) is 33.4 Å². The SMILES string of the molecule is COc1ccc2c(ccc3nnc(CCO)n32)c1. The van der Waals surface area contributed by atoms with E-state index in [2.05, 4.69) is 10.2 Å². The molecule has 0 aliphatic carbocycles. The van der Waals surface area contributed by atoms with Gasteiger partial charge >= 0.3 is 0 Å². The zero-order valence-corrected chi connectivity index (χ0v) is 10.00. The average Bonchev–Trinajstić information content (AvgIpc) is 2.82. The highest BCUT2D eigenvalue weighted by Gasteiger charge is 2.08. The Labute approximate surface area is 104 Å². The van der Waals surface area contributed by atoms with Gasteiger partial charge in [0, 0.05) is 11.8 Å². The van der Waals surface area contributed by atoms with E-state index in [1.54, 1.807) is 7.11 Å². The highest BCUT2D eigenvalue weighted by molar-refractivity contribution is 5.83. The summed E-state index contributed by atoms with van der Waals surface area (Å²) in [4.78, 5) is 0. The molecule has 1 N–H and O–H groups in total. The number of benzene rings is 1. The molecule has 0 spiro atoms. The monoisotopic (exact) mass is 243 g/mol. The first-order valence-corrected chi connectivity index (χ1v) is 5.75. The van der Waals surface area contributed by atoms with Crippen molar-refractivity contribution in [3.63, 3.8) is 0 Å². The summed E-state index contributed by atoms with van der Waals surface area (Å²) in [5.74, 6) is 1.59. The van der Waals surface area contributed by atoms with Gasteiger partial charge < -0.3 is 9.84 Å². The zero-order chi connectivity index (χ0) is 12.5. The molecule has 3 rings (SSSR count). The van der Waals surface area contributed by atoms with Crippen molar-refractivity contribution in [2.24, 2.45) is 0 Å². The Kier molecular flexibility index (Phi) is 2.60. The molecule has 0 aliphatic heterocycles. The molecule has 0 amide bonds. The number of hydrogen-bond donors (Lipinski definition) is 1. The summed E-state index contributed by atoms with van der Waals surface area (Å²) < 4.78 is 7.18. The van der Waals surface area contributed by atoms with Crippen molar-refractivity contribution < 1.29 is 9.84 Å². The topological polar surface area (TPSA) is 59.7 Å². The van der Waals surface area contributed by atoms with Crippen LogP contribution in [0.3, 0.4) is 0 Å². The van der Waals surface area contributed by atoms with Gasteiger partial charge in [-0.25, -0.2) is 0 Å². The molecule has 0 saturated heterocycles. The molecule has 18 heavy (non-hydrogen) atoms. The fourth-order valence-electron chi connectivity index (χ4n) is 2.12. The predicted octanol–water partition coefficient (Wildman–Crippen LogP) is 1.43. The summed E-state index contributed by atoms with van der Waals surface area (Å²) in [5, 5.41) is 18.3. The number of hydrogen-bond acceptors (Lipinski definition) is 4. The lowest BCUT2D eigenvalue weighted by atomic mass is 10.2. The van der Waals surface area contributed by atoms with Crippen LogP contribution in [0.2, 0.25) is 0 Å². The van der Waals surface area contributed by atoms with E-state index < -0.39 is 0 Å². The van der Waals surface area contributed by atoms with E-state index in [0.717, 1.165) is 28.1 Å². The molecule has 1 aromatic carbocycles. The van der Waals surface area contributed by atoms with Gasteiger partial charge in [0.1, 0.15) is 11.6 Å². The highest BCUT2D eigenvalue weighted by Crippen LogP contribution is 2.22. The number of aliphatic hydroxyl groups excluding tert-OH is 1. The van der Waals surface area contributed by atoms with Crippen LogP contribution in [0.25, 0.3) is 16.6 Å². The molecule has 3 aromatic rings. The van der Waals surface area contributed by atoms with Crippen LogP contribution in [0.1, 0.15) is 5.82 Å². The number of nitrogens with zero attached hydrogens (tertiary/aromatic N) is 3. The van der Waals surface area contributed by atoms with E-state index in [9.17, 15) is 0 Å². The first-order chi connectivity index (χ1) is 8.83. The minimum Gasteiger partial charge on any atom is -0.497 e. The van der Waals surface area contributed by atoms with E-state index in [-0.39, 0.29) is 6.61 Å². The lowest BCUT2D eigenvalue weighted by Gasteiger charge is -2.06. The molecule has 0 aliphatic rings. The minimum absolute atomic E-state index is 0.0628. The lowest BCUT2D eigenvalue weighted by Crippen LogP contribution is -1.99. The molecule has 0 unspecified atom stereocenters. The van der Waals surface area contributed by atoms with Crippen molar-refractivity contribution in [3.8, 4) is 5.75 Å². The minimum atomic E-state index is 0.0628. The Morgan fingerprint density at radius 3 is 2.89 bits per heavy atom. The van der Waals surface area contributed by atoms with Crippen LogP contribution in [0, 0.1) is 0 Å². The Balaban J connectivity index is 2.33. The number of rotatable bonds is 3. The molecule has 92 valence electrons. The van der Waals surface area contributed by atoms with Crippen molar-refractivity contribution in [1.82, 2.24) is 14.6 Å². The van der Waals surface area contributed by atoms with E-state index >= 15 is 0 Å². The molecule has 0 saturated carbocycles. The van der Waals surface area contributed by atoms with Gasteiger partial charge in [-0.15, -0.1) is 10.2 Å². The second-order valence-corrected chi connectivity index (χ2v) is 4.04. The Morgan fingerprint density at radius 2 is 2.11 bits per heavy atom. The van der Waals surface area contributed by atoms with Crippen LogP contribution in [-0.2, 0) is 6.42 Å². The van der Waals surface area contributed by atoms with Gasteiger partial charge in [0.05, 0.1) is 19.2 Å². The number of aliphatic hydroxyl groups is 1. The molecule has 2 aromatic heterocycles. The first-order valence-electron chi connectivity index (χ1n) is 5.75. The number of aromatic nitrogens is 3. The molecular weight excluding hydrogens is 230 g/mol. The van der Waals surface area contributed by atoms with Gasteiger partial charge in [-0.2, -0.15) is 0 Å². The Bertz CT molecular complexity index is 706. The Hall–Kier alpha value is -2.14. The fraction of sp³-hybridized carbons (Fsp3) is 0.231. The van der Waals surface area contributed by atoms with Gasteiger partial charge in [0.15, 0.2) is 5.65 Å². The quantitative estimate of drug-likeness (QED) is 0.756. The van der Waals surface area contributed by atoms with Crippen LogP contribution < -0.4 is 4.74 Å². The molecule has 0 atom stereocenters. The third-order valence-corrected chi connectivity index (χ3v) is 2.98. The van der Waals surface area contributed by atoms with Crippen molar-refractivity contribution in [2.45, 2.75) is 6.42 Å². The summed E-state index contributed by atoms with van der Waals surface area (Å²) in [6.07, 6.45) is 0.492. The van der Waals surface area contributed by atoms with Crippen LogP contribution in [0.15, 0.2) is 30.3 Å². The molecule has 5 nitrogen and oxygen atoms in total. The second-order valence-electron chi connectivity index (χ2n) is 4.04. The van der Waals surface area contributed by atoms with E-state index in [1.165, 1.54) is 0 Å². The lowest BCUT2D eigenvalue weighted by molar-refractivity contribution is 0.296. The van der Waals surface area contributed by atoms with Gasteiger partial charge in [-0.1, -0.05) is 0 Å². The van der Waals surface area contributed by atoms with Gasteiger partial charge in [0.2, 0.25) is 0 Å². The maximum Gasteiger partial charge on any atom is 0.161 e. The van der Waals surface area contributed by atoms with Crippen molar-refractivity contribution in [3.05, 3.63) is 36.2 Å². The normalized spacial score (nSPS) is 11.2. The Morgan fingerprint density at radius 1 is 1.22 bits per heavy atom. The second kappa shape index (κ2) is 4.27. The molecule has 0 radical (unpaired) electrons. The van der Waals surface area contributed by atoms with Gasteiger partial charge in [-0.3, -0.25) is 4.40 Å². The largest absolute Gasteiger partial charge is 0.497 e. The number of methoxy groups -OCH3 is 1.